The number of nitrogens with zero attached hydrogens (tertiary/aromatic N) is 3. The molecule has 26 heavy (non-hydrogen) atoms. The summed E-state index contributed by atoms with van der Waals surface area (Å²) in [5, 5.41) is 3.95. The summed E-state index contributed by atoms with van der Waals surface area (Å²) < 4.78 is 4.85. The SMILES string of the molecule is CC.CC.CC.c1ccc(N2CCN(CCCc3ccon3)CC2)cc1. The van der Waals surface area contributed by atoms with Gasteiger partial charge in [0.2, 0.25) is 0 Å². The highest BCUT2D eigenvalue weighted by atomic mass is 16.5. The molecule has 1 fully saturated rings. The van der Waals surface area contributed by atoms with Gasteiger partial charge in [-0.1, -0.05) is 64.9 Å². The quantitative estimate of drug-likeness (QED) is 0.703. The molecule has 2 heterocycles. The number of hydrogen-bond donors (Lipinski definition) is 0. The molecular formula is C22H39N3O. The molecule has 1 aliphatic heterocycles. The molecule has 1 aromatic heterocycles. The van der Waals surface area contributed by atoms with Crippen molar-refractivity contribution < 1.29 is 4.52 Å². The number of para-hydroxylation sites is 1. The summed E-state index contributed by atoms with van der Waals surface area (Å²) >= 11 is 0. The van der Waals surface area contributed by atoms with E-state index in [4.69, 9.17) is 4.52 Å². The van der Waals surface area contributed by atoms with E-state index in [0.717, 1.165) is 51.3 Å². The fourth-order valence-electron chi connectivity index (χ4n) is 2.72. The van der Waals surface area contributed by atoms with Crippen molar-refractivity contribution in [1.29, 1.82) is 0 Å². The third-order valence-electron chi connectivity index (χ3n) is 3.89. The molecule has 2 aromatic rings. The summed E-state index contributed by atoms with van der Waals surface area (Å²) in [7, 11) is 0. The third-order valence-corrected chi connectivity index (χ3v) is 3.89. The van der Waals surface area contributed by atoms with Gasteiger partial charge in [-0.2, -0.15) is 0 Å². The minimum Gasteiger partial charge on any atom is -0.369 e. The zero-order valence-corrected chi connectivity index (χ0v) is 17.7. The molecule has 0 aliphatic carbocycles. The van der Waals surface area contributed by atoms with Crippen molar-refractivity contribution in [2.75, 3.05) is 37.6 Å². The molecule has 148 valence electrons. The van der Waals surface area contributed by atoms with Crippen LogP contribution in [0.15, 0.2) is 47.2 Å². The van der Waals surface area contributed by atoms with Crippen LogP contribution in [0, 0.1) is 0 Å². The van der Waals surface area contributed by atoms with Gasteiger partial charge in [-0.05, 0) is 31.5 Å². The summed E-state index contributed by atoms with van der Waals surface area (Å²) in [5.41, 5.74) is 2.41. The molecule has 0 saturated carbocycles. The molecular weight excluding hydrogens is 322 g/mol. The Balaban J connectivity index is 0.000000948. The maximum absolute atomic E-state index is 4.85. The van der Waals surface area contributed by atoms with Gasteiger partial charge in [0.1, 0.15) is 6.26 Å². The molecule has 1 saturated heterocycles. The predicted molar refractivity (Wildman–Crippen MR) is 114 cm³/mol. The minimum absolute atomic E-state index is 1.01. The van der Waals surface area contributed by atoms with E-state index in [0.29, 0.717) is 0 Å². The molecule has 1 aromatic carbocycles. The Hall–Kier alpha value is -1.81. The summed E-state index contributed by atoms with van der Waals surface area (Å²) in [6, 6.07) is 12.6. The lowest BCUT2D eigenvalue weighted by Crippen LogP contribution is -2.46. The molecule has 0 bridgehead atoms. The lowest BCUT2D eigenvalue weighted by atomic mass is 10.2. The number of aryl methyl sites for hydroxylation is 1. The van der Waals surface area contributed by atoms with Crippen LogP contribution in [0.5, 0.6) is 0 Å². The highest BCUT2D eigenvalue weighted by molar-refractivity contribution is 5.46. The number of rotatable bonds is 5. The molecule has 3 rings (SSSR count). The topological polar surface area (TPSA) is 32.5 Å². The molecule has 4 nitrogen and oxygen atoms in total. The van der Waals surface area contributed by atoms with Crippen molar-refractivity contribution >= 4 is 5.69 Å². The molecule has 0 N–H and O–H groups in total. The smallest absolute Gasteiger partial charge is 0.124 e. The number of aromatic nitrogens is 1. The van der Waals surface area contributed by atoms with Crippen molar-refractivity contribution in [3.8, 4) is 0 Å². The van der Waals surface area contributed by atoms with E-state index in [-0.39, 0.29) is 0 Å². The van der Waals surface area contributed by atoms with Crippen molar-refractivity contribution in [3.63, 3.8) is 0 Å². The predicted octanol–water partition coefficient (Wildman–Crippen LogP) is 5.51. The van der Waals surface area contributed by atoms with Gasteiger partial charge in [0.15, 0.2) is 0 Å². The van der Waals surface area contributed by atoms with Gasteiger partial charge in [-0.25, -0.2) is 0 Å². The van der Waals surface area contributed by atoms with Gasteiger partial charge in [0.05, 0.1) is 5.69 Å². The highest BCUT2D eigenvalue weighted by Gasteiger charge is 2.16. The molecule has 4 heteroatoms. The zero-order valence-electron chi connectivity index (χ0n) is 17.7. The van der Waals surface area contributed by atoms with Crippen LogP contribution in [0.2, 0.25) is 0 Å². The van der Waals surface area contributed by atoms with Gasteiger partial charge in [-0.15, -0.1) is 0 Å². The Morgan fingerprint density at radius 2 is 1.46 bits per heavy atom. The molecule has 0 radical (unpaired) electrons. The van der Waals surface area contributed by atoms with Crippen molar-refractivity contribution in [2.45, 2.75) is 54.4 Å². The molecule has 0 amide bonds. The zero-order chi connectivity index (χ0) is 19.6. The Morgan fingerprint density at radius 1 is 0.846 bits per heavy atom. The van der Waals surface area contributed by atoms with Crippen LogP contribution in [0.3, 0.4) is 0 Å². The normalized spacial score (nSPS) is 13.4. The maximum Gasteiger partial charge on any atom is 0.124 e. The van der Waals surface area contributed by atoms with Gasteiger partial charge >= 0.3 is 0 Å². The Labute approximate surface area is 161 Å². The second-order valence-corrected chi connectivity index (χ2v) is 5.26. The Bertz CT molecular complexity index is 491. The number of anilines is 1. The second-order valence-electron chi connectivity index (χ2n) is 5.26. The van der Waals surface area contributed by atoms with Crippen molar-refractivity contribution in [3.05, 3.63) is 48.4 Å². The van der Waals surface area contributed by atoms with E-state index < -0.39 is 0 Å². The van der Waals surface area contributed by atoms with E-state index in [2.05, 4.69) is 45.3 Å². The van der Waals surface area contributed by atoms with E-state index in [9.17, 15) is 0 Å². The molecule has 0 unspecified atom stereocenters. The number of hydrogen-bond acceptors (Lipinski definition) is 4. The summed E-state index contributed by atoms with van der Waals surface area (Å²) in [4.78, 5) is 5.01. The maximum atomic E-state index is 4.85. The van der Waals surface area contributed by atoms with Gasteiger partial charge in [-0.3, -0.25) is 4.90 Å². The molecule has 1 aliphatic rings. The van der Waals surface area contributed by atoms with E-state index >= 15 is 0 Å². The first kappa shape index (κ1) is 24.2. The average Bonchev–Trinajstić information content (AvgIpc) is 3.27. The third kappa shape index (κ3) is 9.04. The van der Waals surface area contributed by atoms with Gasteiger partial charge < -0.3 is 9.42 Å². The van der Waals surface area contributed by atoms with Gasteiger partial charge in [0, 0.05) is 37.9 Å². The van der Waals surface area contributed by atoms with E-state index in [1.165, 1.54) is 5.69 Å². The fraction of sp³-hybridized carbons (Fsp3) is 0.591. The van der Waals surface area contributed by atoms with Crippen LogP contribution in [-0.2, 0) is 6.42 Å². The first-order valence-corrected chi connectivity index (χ1v) is 10.3. The molecule has 0 atom stereocenters. The van der Waals surface area contributed by atoms with Gasteiger partial charge in [0.25, 0.3) is 0 Å². The Kier molecular flexibility index (Phi) is 15.5. The average molecular weight is 362 g/mol. The molecule has 0 spiro atoms. The highest BCUT2D eigenvalue weighted by Crippen LogP contribution is 2.15. The summed E-state index contributed by atoms with van der Waals surface area (Å²) in [5.74, 6) is 0. The fourth-order valence-corrected chi connectivity index (χ4v) is 2.72. The van der Waals surface area contributed by atoms with Crippen LogP contribution in [0.1, 0.15) is 53.7 Å². The Morgan fingerprint density at radius 3 is 2.00 bits per heavy atom. The van der Waals surface area contributed by atoms with Crippen LogP contribution in [-0.4, -0.2) is 42.8 Å². The second kappa shape index (κ2) is 16.6. The van der Waals surface area contributed by atoms with Crippen LogP contribution >= 0.6 is 0 Å². The summed E-state index contributed by atoms with van der Waals surface area (Å²) in [6.45, 7) is 17.7. The van der Waals surface area contributed by atoms with Crippen molar-refractivity contribution in [1.82, 2.24) is 10.1 Å². The minimum atomic E-state index is 1.01. The number of piperazine rings is 1. The lowest BCUT2D eigenvalue weighted by Gasteiger charge is -2.36. The first-order valence-electron chi connectivity index (χ1n) is 10.3. The number of benzene rings is 1. The van der Waals surface area contributed by atoms with Crippen LogP contribution in [0.4, 0.5) is 5.69 Å². The van der Waals surface area contributed by atoms with E-state index in [1.807, 2.05) is 47.6 Å². The summed E-state index contributed by atoms with van der Waals surface area (Å²) in [6.07, 6.45) is 3.81. The monoisotopic (exact) mass is 361 g/mol. The van der Waals surface area contributed by atoms with Crippen LogP contribution < -0.4 is 4.90 Å². The van der Waals surface area contributed by atoms with Crippen molar-refractivity contribution in [2.24, 2.45) is 0 Å². The van der Waals surface area contributed by atoms with E-state index in [1.54, 1.807) is 6.26 Å². The standard InChI is InChI=1S/C16H21N3O.3C2H6/c1-2-6-16(7-3-1)19-12-10-18(11-13-19)9-4-5-15-8-14-20-17-15;3*1-2/h1-3,6-8,14H,4-5,9-13H2;3*1-2H3. The van der Waals surface area contributed by atoms with Crippen LogP contribution in [0.25, 0.3) is 0 Å². The first-order chi connectivity index (χ1) is 12.9. The largest absolute Gasteiger partial charge is 0.369 e. The lowest BCUT2D eigenvalue weighted by molar-refractivity contribution is 0.254.